The second kappa shape index (κ2) is 10.4. The molecule has 28 heavy (non-hydrogen) atoms. The van der Waals surface area contributed by atoms with E-state index in [1.807, 2.05) is 4.57 Å². The number of carbonyl (C=O) groups is 1. The fraction of sp³-hybridized carbons (Fsp3) is 0.619. The third-order valence-corrected chi connectivity index (χ3v) is 5.36. The van der Waals surface area contributed by atoms with E-state index in [-0.39, 0.29) is 23.6 Å². The van der Waals surface area contributed by atoms with Crippen molar-refractivity contribution in [3.63, 3.8) is 0 Å². The summed E-state index contributed by atoms with van der Waals surface area (Å²) in [6, 6.07) is 1.58. The van der Waals surface area contributed by atoms with Gasteiger partial charge >= 0.3 is 0 Å². The molecule has 0 spiro atoms. The molecule has 1 aliphatic carbocycles. The Morgan fingerprint density at radius 1 is 1.29 bits per heavy atom. The van der Waals surface area contributed by atoms with Gasteiger partial charge in [0, 0.05) is 37.9 Å². The van der Waals surface area contributed by atoms with Gasteiger partial charge in [-0.1, -0.05) is 11.6 Å². The molecule has 1 amide bonds. The smallest absolute Gasteiger partial charge is 0.239 e. The maximum absolute atomic E-state index is 12.5. The van der Waals surface area contributed by atoms with Crippen LogP contribution in [0.15, 0.2) is 28.7 Å². The van der Waals surface area contributed by atoms with Crippen LogP contribution in [0.2, 0.25) is 0 Å². The summed E-state index contributed by atoms with van der Waals surface area (Å²) in [7, 11) is 1.47. The monoisotopic (exact) mass is 389 g/mol. The summed E-state index contributed by atoms with van der Waals surface area (Å²) in [6.07, 6.45) is 9.70. The maximum atomic E-state index is 12.5. The van der Waals surface area contributed by atoms with Crippen LogP contribution in [0.3, 0.4) is 0 Å². The number of rotatable bonds is 8. The molecular formula is C21H31N3O4. The highest BCUT2D eigenvalue weighted by Crippen LogP contribution is 2.19. The van der Waals surface area contributed by atoms with Gasteiger partial charge in [-0.2, -0.15) is 0 Å². The van der Waals surface area contributed by atoms with E-state index in [0.29, 0.717) is 26.3 Å². The quantitative estimate of drug-likeness (QED) is 0.685. The Morgan fingerprint density at radius 3 is 2.82 bits per heavy atom. The van der Waals surface area contributed by atoms with E-state index in [1.54, 1.807) is 12.3 Å². The lowest BCUT2D eigenvalue weighted by Crippen LogP contribution is -2.37. The Bertz CT molecular complexity index is 751. The maximum Gasteiger partial charge on any atom is 0.239 e. The Hall–Kier alpha value is -2.12. The van der Waals surface area contributed by atoms with E-state index in [2.05, 4.69) is 16.3 Å². The summed E-state index contributed by atoms with van der Waals surface area (Å²) < 4.78 is 12.4. The molecule has 0 aromatic carbocycles. The van der Waals surface area contributed by atoms with Crippen LogP contribution in [-0.2, 0) is 22.6 Å². The van der Waals surface area contributed by atoms with Crippen LogP contribution in [0.25, 0.3) is 0 Å². The van der Waals surface area contributed by atoms with E-state index >= 15 is 0 Å². The molecule has 1 fully saturated rings. The lowest BCUT2D eigenvalue weighted by molar-refractivity contribution is -0.121. The van der Waals surface area contributed by atoms with Crippen molar-refractivity contribution >= 4 is 5.91 Å². The normalized spacial score (nSPS) is 17.8. The lowest BCUT2D eigenvalue weighted by Gasteiger charge is -2.27. The van der Waals surface area contributed by atoms with Crippen LogP contribution < -0.4 is 15.5 Å². The van der Waals surface area contributed by atoms with Crippen molar-refractivity contribution in [2.24, 2.45) is 0 Å². The third kappa shape index (κ3) is 5.94. The number of amides is 1. The Balaban J connectivity index is 1.62. The van der Waals surface area contributed by atoms with Crippen molar-refractivity contribution in [1.82, 2.24) is 14.8 Å². The van der Waals surface area contributed by atoms with Crippen molar-refractivity contribution in [3.8, 4) is 5.75 Å². The van der Waals surface area contributed by atoms with Crippen LogP contribution in [0.1, 0.15) is 37.8 Å². The summed E-state index contributed by atoms with van der Waals surface area (Å²) in [4.78, 5) is 26.9. The molecule has 0 bridgehead atoms. The van der Waals surface area contributed by atoms with E-state index in [0.717, 1.165) is 38.0 Å². The molecular weight excluding hydrogens is 358 g/mol. The van der Waals surface area contributed by atoms with Crippen molar-refractivity contribution in [2.45, 2.75) is 45.2 Å². The third-order valence-electron chi connectivity index (χ3n) is 5.36. The minimum absolute atomic E-state index is 0.0506. The Kier molecular flexibility index (Phi) is 7.68. The number of nitrogens with one attached hydrogen (secondary N) is 1. The van der Waals surface area contributed by atoms with Gasteiger partial charge in [0.25, 0.3) is 0 Å². The predicted octanol–water partition coefficient (Wildman–Crippen LogP) is 1.70. The van der Waals surface area contributed by atoms with E-state index < -0.39 is 0 Å². The van der Waals surface area contributed by atoms with Gasteiger partial charge in [0.05, 0.1) is 26.5 Å². The molecule has 1 aromatic rings. The van der Waals surface area contributed by atoms with Crippen LogP contribution in [0.5, 0.6) is 5.75 Å². The molecule has 2 aliphatic rings. The van der Waals surface area contributed by atoms with Gasteiger partial charge < -0.3 is 19.4 Å². The van der Waals surface area contributed by atoms with Crippen molar-refractivity contribution in [1.29, 1.82) is 0 Å². The topological polar surface area (TPSA) is 72.8 Å². The minimum atomic E-state index is -0.161. The van der Waals surface area contributed by atoms with Crippen LogP contribution >= 0.6 is 0 Å². The molecule has 0 atom stereocenters. The zero-order chi connectivity index (χ0) is 19.8. The molecule has 7 heteroatoms. The molecule has 0 saturated carbocycles. The van der Waals surface area contributed by atoms with Crippen molar-refractivity contribution in [2.75, 3.05) is 40.0 Å². The van der Waals surface area contributed by atoms with Gasteiger partial charge in [-0.15, -0.1) is 0 Å². The van der Waals surface area contributed by atoms with Gasteiger partial charge in [0.15, 0.2) is 5.75 Å². The Morgan fingerprint density at radius 2 is 2.11 bits per heavy atom. The lowest BCUT2D eigenvalue weighted by atomic mass is 9.97. The molecule has 1 N–H and O–H groups in total. The number of carbonyl (C=O) groups excluding carboxylic acids is 1. The van der Waals surface area contributed by atoms with Gasteiger partial charge in [-0.3, -0.25) is 14.5 Å². The molecule has 7 nitrogen and oxygen atoms in total. The Labute approximate surface area is 166 Å². The molecule has 154 valence electrons. The predicted molar refractivity (Wildman–Crippen MR) is 108 cm³/mol. The zero-order valence-electron chi connectivity index (χ0n) is 16.7. The fourth-order valence-electron chi connectivity index (χ4n) is 3.72. The summed E-state index contributed by atoms with van der Waals surface area (Å²) in [5.41, 5.74) is 2.11. The fourth-order valence-corrected chi connectivity index (χ4v) is 3.72. The van der Waals surface area contributed by atoms with E-state index in [1.165, 1.54) is 25.5 Å². The first-order valence-electron chi connectivity index (χ1n) is 10.2. The van der Waals surface area contributed by atoms with Crippen molar-refractivity contribution < 1.29 is 14.3 Å². The summed E-state index contributed by atoms with van der Waals surface area (Å²) in [5.74, 6) is 0.205. The van der Waals surface area contributed by atoms with Gasteiger partial charge in [0.2, 0.25) is 11.3 Å². The average molecular weight is 389 g/mol. The summed E-state index contributed by atoms with van der Waals surface area (Å²) in [6.45, 7) is 4.47. The number of hydrogen-bond acceptors (Lipinski definition) is 5. The number of morpholine rings is 1. The van der Waals surface area contributed by atoms with Gasteiger partial charge in [-0.05, 0) is 32.1 Å². The molecule has 2 heterocycles. The highest BCUT2D eigenvalue weighted by Gasteiger charge is 2.16. The molecule has 0 unspecified atom stereocenters. The zero-order valence-corrected chi connectivity index (χ0v) is 16.7. The average Bonchev–Trinajstić information content (AvgIpc) is 2.71. The van der Waals surface area contributed by atoms with Crippen LogP contribution in [0, 0.1) is 0 Å². The second-order valence-electron chi connectivity index (χ2n) is 7.42. The number of allylic oxidation sites excluding steroid dienone is 1. The first-order chi connectivity index (χ1) is 13.7. The standard InChI is InChI=1S/C21H31N3O4/c1-27-20-15-24(16-21(26)22-8-7-17-5-3-2-4-6-17)18(13-19(20)25)14-23-9-11-28-12-10-23/h5,13,15H,2-4,6-12,14,16H2,1H3,(H,22,26). The summed E-state index contributed by atoms with van der Waals surface area (Å²) in [5, 5.41) is 3.01. The number of ether oxygens (including phenoxy) is 2. The molecule has 1 aliphatic heterocycles. The number of hydrogen-bond donors (Lipinski definition) is 1. The molecule has 1 aromatic heterocycles. The van der Waals surface area contributed by atoms with Gasteiger partial charge in [0.1, 0.15) is 6.54 Å². The largest absolute Gasteiger partial charge is 0.491 e. The van der Waals surface area contributed by atoms with Gasteiger partial charge in [-0.25, -0.2) is 0 Å². The van der Waals surface area contributed by atoms with Crippen molar-refractivity contribution in [3.05, 3.63) is 39.8 Å². The first-order valence-corrected chi connectivity index (χ1v) is 10.2. The molecule has 3 rings (SSSR count). The number of aromatic nitrogens is 1. The van der Waals surface area contributed by atoms with Crippen LogP contribution in [0.4, 0.5) is 0 Å². The van der Waals surface area contributed by atoms with E-state index in [9.17, 15) is 9.59 Å². The number of pyridine rings is 1. The molecule has 0 radical (unpaired) electrons. The second-order valence-corrected chi connectivity index (χ2v) is 7.42. The van der Waals surface area contributed by atoms with E-state index in [4.69, 9.17) is 9.47 Å². The minimum Gasteiger partial charge on any atom is -0.491 e. The highest BCUT2D eigenvalue weighted by atomic mass is 16.5. The molecule has 1 saturated heterocycles. The number of nitrogens with zero attached hydrogens (tertiary/aromatic N) is 2. The highest BCUT2D eigenvalue weighted by molar-refractivity contribution is 5.75. The first kappa shape index (κ1) is 20.6. The van der Waals surface area contributed by atoms with Crippen LogP contribution in [-0.4, -0.2) is 55.3 Å². The SMILES string of the molecule is COc1cn(CC(=O)NCCC2=CCCCC2)c(CN2CCOCC2)cc1=O. The summed E-state index contributed by atoms with van der Waals surface area (Å²) >= 11 is 0. The number of methoxy groups -OCH3 is 1.